The number of hydrogen-bond acceptors (Lipinski definition) is 6. The Morgan fingerprint density at radius 2 is 1.77 bits per heavy atom. The van der Waals surface area contributed by atoms with Crippen LogP contribution in [0.25, 0.3) is 22.6 Å². The monoisotopic (exact) mass is 430 g/mol. The number of carbonyl (C=O) groups excluding carboxylic acids is 1. The van der Waals surface area contributed by atoms with Gasteiger partial charge in [0.2, 0.25) is 17.6 Å². The number of thiazole rings is 1. The summed E-state index contributed by atoms with van der Waals surface area (Å²) in [4.78, 5) is 23.6. The van der Waals surface area contributed by atoms with Crippen LogP contribution in [0.4, 0.5) is 5.69 Å². The molecule has 4 aromatic rings. The van der Waals surface area contributed by atoms with Gasteiger partial charge in [0.1, 0.15) is 0 Å². The molecule has 0 aliphatic carbocycles. The maximum Gasteiger partial charge on any atom is 0.232 e. The molecule has 2 aromatic heterocycles. The van der Waals surface area contributed by atoms with Gasteiger partial charge in [0.15, 0.2) is 0 Å². The number of amides is 1. The van der Waals surface area contributed by atoms with Gasteiger partial charge in [0.25, 0.3) is 0 Å². The Bertz CT molecular complexity index is 1260. The lowest BCUT2D eigenvalue weighted by atomic mass is 10.1. The molecule has 0 N–H and O–H groups in total. The molecule has 0 bridgehead atoms. The van der Waals surface area contributed by atoms with Crippen molar-refractivity contribution in [1.82, 2.24) is 15.1 Å². The van der Waals surface area contributed by atoms with Crippen LogP contribution in [0.2, 0.25) is 0 Å². The van der Waals surface area contributed by atoms with Gasteiger partial charge < -0.3 is 9.42 Å². The van der Waals surface area contributed by atoms with Gasteiger partial charge in [-0.15, -0.1) is 11.3 Å². The molecule has 3 heterocycles. The zero-order valence-electron chi connectivity index (χ0n) is 17.6. The summed E-state index contributed by atoms with van der Waals surface area (Å²) in [5.74, 6) is 1.02. The maximum absolute atomic E-state index is 12.6. The van der Waals surface area contributed by atoms with Gasteiger partial charge in [0, 0.05) is 35.2 Å². The van der Waals surface area contributed by atoms with Crippen molar-refractivity contribution in [3.8, 4) is 22.6 Å². The molecule has 1 amide bonds. The maximum atomic E-state index is 12.6. The van der Waals surface area contributed by atoms with Crippen LogP contribution in [-0.4, -0.2) is 27.6 Å². The summed E-state index contributed by atoms with van der Waals surface area (Å²) in [6.45, 7) is 6.67. The van der Waals surface area contributed by atoms with Gasteiger partial charge >= 0.3 is 0 Å². The first kappa shape index (κ1) is 19.6. The van der Waals surface area contributed by atoms with Crippen molar-refractivity contribution >= 4 is 22.9 Å². The van der Waals surface area contributed by atoms with E-state index in [2.05, 4.69) is 40.4 Å². The van der Waals surface area contributed by atoms with E-state index in [9.17, 15) is 4.79 Å². The van der Waals surface area contributed by atoms with E-state index in [1.54, 1.807) is 11.3 Å². The van der Waals surface area contributed by atoms with E-state index < -0.39 is 0 Å². The number of aromatic nitrogens is 3. The highest BCUT2D eigenvalue weighted by Gasteiger charge is 2.35. The van der Waals surface area contributed by atoms with E-state index in [1.165, 1.54) is 11.1 Å². The van der Waals surface area contributed by atoms with Crippen molar-refractivity contribution < 1.29 is 9.32 Å². The molecule has 1 atom stereocenters. The number of benzene rings is 2. The van der Waals surface area contributed by atoms with Crippen LogP contribution in [0, 0.1) is 20.8 Å². The second kappa shape index (κ2) is 7.74. The largest absolute Gasteiger partial charge is 0.339 e. The van der Waals surface area contributed by atoms with E-state index in [1.807, 2.05) is 48.2 Å². The van der Waals surface area contributed by atoms with Crippen LogP contribution < -0.4 is 4.90 Å². The number of hydrogen-bond donors (Lipinski definition) is 0. The molecule has 0 saturated carbocycles. The molecule has 1 aliphatic heterocycles. The third-order valence-corrected chi connectivity index (χ3v) is 6.55. The van der Waals surface area contributed by atoms with E-state index in [0.29, 0.717) is 24.7 Å². The predicted octanol–water partition coefficient (Wildman–Crippen LogP) is 5.31. The highest BCUT2D eigenvalue weighted by Crippen LogP contribution is 2.33. The Labute approximate surface area is 184 Å². The molecular formula is C24H22N4O2S. The first-order valence-corrected chi connectivity index (χ1v) is 11.1. The molecule has 6 nitrogen and oxygen atoms in total. The highest BCUT2D eigenvalue weighted by molar-refractivity contribution is 7.09. The van der Waals surface area contributed by atoms with Crippen LogP contribution in [0.15, 0.2) is 52.4 Å². The molecule has 1 saturated heterocycles. The highest BCUT2D eigenvalue weighted by atomic mass is 32.1. The molecule has 1 fully saturated rings. The van der Waals surface area contributed by atoms with Crippen LogP contribution in [-0.2, 0) is 4.79 Å². The molecule has 1 aliphatic rings. The Balaban J connectivity index is 1.33. The second-order valence-electron chi connectivity index (χ2n) is 7.96. The average Bonchev–Trinajstić information content (AvgIpc) is 3.50. The van der Waals surface area contributed by atoms with Crippen molar-refractivity contribution in [1.29, 1.82) is 0 Å². The third kappa shape index (κ3) is 3.77. The number of rotatable bonds is 4. The van der Waals surface area contributed by atoms with Crippen LogP contribution >= 0.6 is 11.3 Å². The van der Waals surface area contributed by atoms with E-state index in [4.69, 9.17) is 4.52 Å². The van der Waals surface area contributed by atoms with Gasteiger partial charge in [-0.25, -0.2) is 4.98 Å². The standard InChI is InChI=1S/C24H22N4O2S/c1-14-4-9-20(10-15(14)2)28-12-19(11-22(28)29)24-26-23(27-30-24)18-7-5-17(6-8-18)21-13-31-16(3)25-21/h4-10,13,19H,11-12H2,1-3H3. The lowest BCUT2D eigenvalue weighted by Crippen LogP contribution is -2.24. The number of anilines is 1. The van der Waals surface area contributed by atoms with E-state index in [-0.39, 0.29) is 11.8 Å². The fourth-order valence-corrected chi connectivity index (χ4v) is 4.44. The van der Waals surface area contributed by atoms with Crippen molar-refractivity contribution in [3.63, 3.8) is 0 Å². The van der Waals surface area contributed by atoms with Crippen molar-refractivity contribution in [2.24, 2.45) is 0 Å². The summed E-state index contributed by atoms with van der Waals surface area (Å²) in [6.07, 6.45) is 0.372. The summed E-state index contributed by atoms with van der Waals surface area (Å²) in [7, 11) is 0. The SMILES string of the molecule is Cc1nc(-c2ccc(-c3noc(C4CC(=O)N(c5ccc(C)c(C)c5)C4)n3)cc2)cs1. The van der Waals surface area contributed by atoms with Crippen molar-refractivity contribution in [2.75, 3.05) is 11.4 Å². The van der Waals surface area contributed by atoms with Crippen LogP contribution in [0.5, 0.6) is 0 Å². The lowest BCUT2D eigenvalue weighted by Gasteiger charge is -2.17. The molecule has 5 rings (SSSR count). The zero-order valence-corrected chi connectivity index (χ0v) is 18.4. The number of aryl methyl sites for hydroxylation is 3. The first-order chi connectivity index (χ1) is 15.0. The van der Waals surface area contributed by atoms with E-state index >= 15 is 0 Å². The summed E-state index contributed by atoms with van der Waals surface area (Å²) in [5, 5.41) is 7.25. The van der Waals surface area contributed by atoms with Gasteiger partial charge in [0.05, 0.1) is 16.6 Å². The number of carbonyl (C=O) groups is 1. The molecule has 0 radical (unpaired) electrons. The minimum atomic E-state index is -0.104. The topological polar surface area (TPSA) is 72.1 Å². The quantitative estimate of drug-likeness (QED) is 0.439. The summed E-state index contributed by atoms with van der Waals surface area (Å²) in [5.41, 5.74) is 6.21. The molecule has 31 heavy (non-hydrogen) atoms. The van der Waals surface area contributed by atoms with Gasteiger partial charge in [-0.1, -0.05) is 35.5 Å². The minimum absolute atomic E-state index is 0.0795. The normalized spacial score (nSPS) is 16.3. The first-order valence-electron chi connectivity index (χ1n) is 10.2. The predicted molar refractivity (Wildman–Crippen MR) is 121 cm³/mol. The average molecular weight is 431 g/mol. The molecule has 2 aromatic carbocycles. The number of nitrogens with zero attached hydrogens (tertiary/aromatic N) is 4. The van der Waals surface area contributed by atoms with Gasteiger partial charge in [-0.2, -0.15) is 4.98 Å². The molecular weight excluding hydrogens is 408 g/mol. The summed E-state index contributed by atoms with van der Waals surface area (Å²) >= 11 is 1.63. The van der Waals surface area contributed by atoms with Crippen molar-refractivity contribution in [3.05, 3.63) is 69.9 Å². The van der Waals surface area contributed by atoms with Crippen molar-refractivity contribution in [2.45, 2.75) is 33.1 Å². The minimum Gasteiger partial charge on any atom is -0.339 e. The Kier molecular flexibility index (Phi) is 4.90. The van der Waals surface area contributed by atoms with Crippen LogP contribution in [0.3, 0.4) is 0 Å². The van der Waals surface area contributed by atoms with Crippen LogP contribution in [0.1, 0.15) is 34.4 Å². The Morgan fingerprint density at radius 1 is 1.00 bits per heavy atom. The van der Waals surface area contributed by atoms with Gasteiger partial charge in [-0.05, 0) is 44.0 Å². The Morgan fingerprint density at radius 3 is 2.48 bits per heavy atom. The zero-order chi connectivity index (χ0) is 21.5. The molecule has 156 valence electrons. The summed E-state index contributed by atoms with van der Waals surface area (Å²) < 4.78 is 5.55. The fourth-order valence-electron chi connectivity index (χ4n) is 3.82. The third-order valence-electron chi connectivity index (χ3n) is 5.78. The molecule has 1 unspecified atom stereocenters. The molecule has 0 spiro atoms. The Hall–Kier alpha value is -3.32. The fraction of sp³-hybridized carbons (Fsp3) is 0.250. The van der Waals surface area contributed by atoms with E-state index in [0.717, 1.165) is 27.5 Å². The lowest BCUT2D eigenvalue weighted by molar-refractivity contribution is -0.117. The summed E-state index contributed by atoms with van der Waals surface area (Å²) in [6, 6.07) is 14.1. The van der Waals surface area contributed by atoms with Gasteiger partial charge in [-0.3, -0.25) is 4.79 Å². The second-order valence-corrected chi connectivity index (χ2v) is 9.02. The smallest absolute Gasteiger partial charge is 0.232 e. The molecule has 7 heteroatoms.